The largest absolute Gasteiger partial charge is 0.504 e. The summed E-state index contributed by atoms with van der Waals surface area (Å²) in [5, 5.41) is 21.5. The van der Waals surface area contributed by atoms with E-state index in [-0.39, 0.29) is 23.0 Å². The van der Waals surface area contributed by atoms with E-state index >= 15 is 0 Å². The quantitative estimate of drug-likeness (QED) is 0.615. The van der Waals surface area contributed by atoms with Gasteiger partial charge in [0.25, 0.3) is 0 Å². The van der Waals surface area contributed by atoms with Gasteiger partial charge in [0.05, 0.1) is 16.9 Å². The number of nitrogens with zero attached hydrogens (tertiary/aromatic N) is 2. The zero-order valence-electron chi connectivity index (χ0n) is 12.6. The Morgan fingerprint density at radius 2 is 1.64 bits per heavy atom. The van der Waals surface area contributed by atoms with Crippen LogP contribution in [-0.4, -0.2) is 20.2 Å². The number of phenols is 2. The van der Waals surface area contributed by atoms with E-state index in [1.54, 1.807) is 0 Å². The van der Waals surface area contributed by atoms with Crippen LogP contribution in [0.25, 0.3) is 11.3 Å². The van der Waals surface area contributed by atoms with Crippen molar-refractivity contribution in [1.29, 1.82) is 0 Å². The molecule has 0 spiro atoms. The fraction of sp³-hybridized carbons (Fsp3) is 0.0588. The van der Waals surface area contributed by atoms with E-state index in [4.69, 9.17) is 0 Å². The van der Waals surface area contributed by atoms with Gasteiger partial charge in [-0.3, -0.25) is 0 Å². The Hall–Kier alpha value is -3.29. The second-order valence-electron chi connectivity index (χ2n) is 5.16. The average molecular weight is 347 g/mol. The molecule has 3 aromatic rings. The van der Waals surface area contributed by atoms with E-state index in [0.717, 1.165) is 6.07 Å². The third kappa shape index (κ3) is 3.63. The predicted molar refractivity (Wildman–Crippen MR) is 85.5 cm³/mol. The molecule has 0 bridgehead atoms. The summed E-state index contributed by atoms with van der Waals surface area (Å²) in [7, 11) is 0. The molecule has 0 aliphatic heterocycles. The Kier molecular flexibility index (Phi) is 4.18. The van der Waals surface area contributed by atoms with Crippen molar-refractivity contribution in [3.8, 4) is 22.8 Å². The number of benzene rings is 2. The number of para-hydroxylation sites is 1. The van der Waals surface area contributed by atoms with Gasteiger partial charge in [-0.2, -0.15) is 13.2 Å². The van der Waals surface area contributed by atoms with Crippen LogP contribution in [0.2, 0.25) is 0 Å². The molecule has 0 aliphatic carbocycles. The van der Waals surface area contributed by atoms with E-state index in [1.165, 1.54) is 48.8 Å². The molecule has 0 unspecified atom stereocenters. The molecule has 3 rings (SSSR count). The average Bonchev–Trinajstić information content (AvgIpc) is 2.57. The van der Waals surface area contributed by atoms with Crippen molar-refractivity contribution < 1.29 is 23.4 Å². The number of hydrogen-bond acceptors (Lipinski definition) is 5. The first-order chi connectivity index (χ1) is 11.8. The number of aromatic hydroxyl groups is 2. The lowest BCUT2D eigenvalue weighted by Crippen LogP contribution is -2.09. The van der Waals surface area contributed by atoms with E-state index in [2.05, 4.69) is 15.3 Å². The molecule has 0 radical (unpaired) electrons. The van der Waals surface area contributed by atoms with Crippen molar-refractivity contribution in [3.63, 3.8) is 0 Å². The van der Waals surface area contributed by atoms with Crippen LogP contribution in [0.3, 0.4) is 0 Å². The molecule has 0 fully saturated rings. The lowest BCUT2D eigenvalue weighted by Gasteiger charge is -2.14. The van der Waals surface area contributed by atoms with Gasteiger partial charge < -0.3 is 15.5 Å². The van der Waals surface area contributed by atoms with Gasteiger partial charge in [-0.15, -0.1) is 0 Å². The minimum atomic E-state index is -4.50. The molecule has 1 heterocycles. The molecule has 128 valence electrons. The minimum Gasteiger partial charge on any atom is -0.504 e. The molecular weight excluding hydrogens is 335 g/mol. The summed E-state index contributed by atoms with van der Waals surface area (Å²) in [6.07, 6.45) is -3.31. The summed E-state index contributed by atoms with van der Waals surface area (Å²) < 4.78 is 39.2. The van der Waals surface area contributed by atoms with E-state index in [0.29, 0.717) is 11.3 Å². The Morgan fingerprint density at radius 1 is 0.880 bits per heavy atom. The Balaban J connectivity index is 1.94. The molecule has 1 aromatic heterocycles. The second-order valence-corrected chi connectivity index (χ2v) is 5.16. The van der Waals surface area contributed by atoms with Crippen molar-refractivity contribution >= 4 is 11.5 Å². The van der Waals surface area contributed by atoms with Crippen molar-refractivity contribution in [2.75, 3.05) is 5.32 Å². The number of anilines is 2. The summed E-state index contributed by atoms with van der Waals surface area (Å²) in [6, 6.07) is 10.6. The van der Waals surface area contributed by atoms with Gasteiger partial charge in [-0.1, -0.05) is 12.1 Å². The van der Waals surface area contributed by atoms with Crippen LogP contribution in [0.15, 0.2) is 54.9 Å². The maximum Gasteiger partial charge on any atom is 0.418 e. The molecule has 0 saturated carbocycles. The van der Waals surface area contributed by atoms with E-state index in [9.17, 15) is 23.4 Å². The van der Waals surface area contributed by atoms with Gasteiger partial charge >= 0.3 is 6.18 Å². The highest BCUT2D eigenvalue weighted by molar-refractivity contribution is 5.68. The number of rotatable bonds is 3. The number of hydrogen-bond donors (Lipinski definition) is 3. The van der Waals surface area contributed by atoms with Gasteiger partial charge in [-0.25, -0.2) is 9.97 Å². The number of aromatic nitrogens is 2. The topological polar surface area (TPSA) is 78.3 Å². The van der Waals surface area contributed by atoms with Crippen LogP contribution >= 0.6 is 0 Å². The Labute approximate surface area is 140 Å². The summed E-state index contributed by atoms with van der Waals surface area (Å²) >= 11 is 0. The lowest BCUT2D eigenvalue weighted by molar-refractivity contribution is -0.136. The lowest BCUT2D eigenvalue weighted by atomic mass is 10.1. The zero-order chi connectivity index (χ0) is 18.0. The van der Waals surface area contributed by atoms with Crippen molar-refractivity contribution in [2.24, 2.45) is 0 Å². The van der Waals surface area contributed by atoms with Gasteiger partial charge in [-0.05, 0) is 30.3 Å². The Morgan fingerprint density at radius 3 is 2.36 bits per heavy atom. The molecule has 2 aromatic carbocycles. The van der Waals surface area contributed by atoms with Crippen molar-refractivity contribution in [3.05, 3.63) is 60.4 Å². The standard InChI is InChI=1S/C17H12F3N3O2/c18-17(19,20)11-3-1-2-4-12(11)23-16-8-13(21-9-22-16)10-5-6-14(24)15(25)7-10/h1-9,24-25H,(H,21,22,23). The van der Waals surface area contributed by atoms with Crippen LogP contribution in [0, 0.1) is 0 Å². The van der Waals surface area contributed by atoms with Gasteiger partial charge in [0.15, 0.2) is 11.5 Å². The van der Waals surface area contributed by atoms with Crippen LogP contribution in [0.4, 0.5) is 24.7 Å². The maximum absolute atomic E-state index is 13.1. The Bertz CT molecular complexity index is 914. The normalized spacial score (nSPS) is 11.3. The fourth-order valence-electron chi connectivity index (χ4n) is 2.24. The molecule has 0 saturated heterocycles. The molecule has 8 heteroatoms. The fourth-order valence-corrected chi connectivity index (χ4v) is 2.24. The number of alkyl halides is 3. The number of halogens is 3. The first-order valence-corrected chi connectivity index (χ1v) is 7.12. The number of nitrogens with one attached hydrogen (secondary N) is 1. The van der Waals surface area contributed by atoms with E-state index in [1.807, 2.05) is 0 Å². The first kappa shape index (κ1) is 16.6. The molecule has 0 atom stereocenters. The molecule has 0 amide bonds. The zero-order valence-corrected chi connectivity index (χ0v) is 12.6. The monoisotopic (exact) mass is 347 g/mol. The molecule has 3 N–H and O–H groups in total. The van der Waals surface area contributed by atoms with Crippen LogP contribution in [0.1, 0.15) is 5.56 Å². The van der Waals surface area contributed by atoms with Crippen LogP contribution < -0.4 is 5.32 Å². The third-order valence-electron chi connectivity index (χ3n) is 3.43. The van der Waals surface area contributed by atoms with Gasteiger partial charge in [0.1, 0.15) is 12.1 Å². The molecule has 25 heavy (non-hydrogen) atoms. The second kappa shape index (κ2) is 6.31. The highest BCUT2D eigenvalue weighted by Gasteiger charge is 2.33. The maximum atomic E-state index is 13.1. The number of phenolic OH excluding ortho intramolecular Hbond substituents is 2. The molecular formula is C17H12F3N3O2. The van der Waals surface area contributed by atoms with Crippen LogP contribution in [0.5, 0.6) is 11.5 Å². The van der Waals surface area contributed by atoms with Crippen LogP contribution in [-0.2, 0) is 6.18 Å². The minimum absolute atomic E-state index is 0.131. The highest BCUT2D eigenvalue weighted by Crippen LogP contribution is 2.36. The summed E-state index contributed by atoms with van der Waals surface area (Å²) in [5.74, 6) is -0.447. The third-order valence-corrected chi connectivity index (χ3v) is 3.43. The molecule has 5 nitrogen and oxygen atoms in total. The van der Waals surface area contributed by atoms with Crippen molar-refractivity contribution in [2.45, 2.75) is 6.18 Å². The first-order valence-electron chi connectivity index (χ1n) is 7.12. The smallest absolute Gasteiger partial charge is 0.418 e. The van der Waals surface area contributed by atoms with Gasteiger partial charge in [0, 0.05) is 11.6 Å². The predicted octanol–water partition coefficient (Wildman–Crippen LogP) is 4.32. The highest BCUT2D eigenvalue weighted by atomic mass is 19.4. The SMILES string of the molecule is Oc1ccc(-c2cc(Nc3ccccc3C(F)(F)F)ncn2)cc1O. The van der Waals surface area contributed by atoms with E-state index < -0.39 is 11.7 Å². The summed E-state index contributed by atoms with van der Waals surface area (Å²) in [6.45, 7) is 0. The van der Waals surface area contributed by atoms with Crippen molar-refractivity contribution in [1.82, 2.24) is 9.97 Å². The van der Waals surface area contributed by atoms with Gasteiger partial charge in [0.2, 0.25) is 0 Å². The summed E-state index contributed by atoms with van der Waals surface area (Å²) in [5.41, 5.74) is -0.0900. The summed E-state index contributed by atoms with van der Waals surface area (Å²) in [4.78, 5) is 7.95. The molecule has 0 aliphatic rings.